The molecule has 1 amide bonds. The van der Waals surface area contributed by atoms with Gasteiger partial charge in [-0.1, -0.05) is 49.4 Å². The SMILES string of the molecule is C[C@@H](O)[C@H]1C(=O)N2C(C(=O)O)=C(CN3N=C(c4ccccc4)c4ccc(CCn5cc[n+](C)c5)cc4S3(=O)=O)[C@H](C)[C@H]12. The van der Waals surface area contributed by atoms with Crippen LogP contribution in [0.2, 0.25) is 0 Å². The van der Waals surface area contributed by atoms with Crippen molar-refractivity contribution in [3.63, 3.8) is 0 Å². The second kappa shape index (κ2) is 10.2. The zero-order valence-electron chi connectivity index (χ0n) is 23.5. The van der Waals surface area contributed by atoms with Crippen molar-refractivity contribution in [2.24, 2.45) is 24.0 Å². The summed E-state index contributed by atoms with van der Waals surface area (Å²) in [6.07, 6.45) is 5.46. The number of imidazole rings is 1. The van der Waals surface area contributed by atoms with E-state index in [1.165, 1.54) is 11.8 Å². The first-order valence-corrected chi connectivity index (χ1v) is 15.2. The second-order valence-corrected chi connectivity index (χ2v) is 12.9. The number of aliphatic hydroxyl groups excluding tert-OH is 1. The van der Waals surface area contributed by atoms with Crippen LogP contribution >= 0.6 is 0 Å². The largest absolute Gasteiger partial charge is 0.477 e. The van der Waals surface area contributed by atoms with Gasteiger partial charge >= 0.3 is 5.97 Å². The predicted octanol–water partition coefficient (Wildman–Crippen LogP) is 1.51. The van der Waals surface area contributed by atoms with Gasteiger partial charge in [-0.15, -0.1) is 0 Å². The van der Waals surface area contributed by atoms with Crippen molar-refractivity contribution in [3.8, 4) is 0 Å². The number of benzene rings is 2. The number of aliphatic carboxylic acids is 1. The van der Waals surface area contributed by atoms with Gasteiger partial charge in [0.15, 0.2) is 0 Å². The third-order valence-corrected chi connectivity index (χ3v) is 10.1. The van der Waals surface area contributed by atoms with E-state index in [9.17, 15) is 28.2 Å². The number of carboxylic acid groups (broad SMARTS) is 1. The molecule has 218 valence electrons. The molecule has 6 rings (SSSR count). The van der Waals surface area contributed by atoms with Crippen molar-refractivity contribution in [1.29, 1.82) is 0 Å². The van der Waals surface area contributed by atoms with Crippen molar-refractivity contribution in [3.05, 3.63) is 95.2 Å². The van der Waals surface area contributed by atoms with Gasteiger partial charge in [-0.2, -0.15) is 17.9 Å². The lowest BCUT2D eigenvalue weighted by Gasteiger charge is -2.46. The minimum atomic E-state index is -4.19. The highest BCUT2D eigenvalue weighted by atomic mass is 32.2. The summed E-state index contributed by atoms with van der Waals surface area (Å²) in [4.78, 5) is 26.5. The summed E-state index contributed by atoms with van der Waals surface area (Å²) < 4.78 is 33.1. The van der Waals surface area contributed by atoms with Crippen LogP contribution in [0.4, 0.5) is 0 Å². The predicted molar refractivity (Wildman–Crippen MR) is 151 cm³/mol. The van der Waals surface area contributed by atoms with Gasteiger partial charge in [0.1, 0.15) is 23.8 Å². The van der Waals surface area contributed by atoms with Crippen LogP contribution < -0.4 is 4.57 Å². The van der Waals surface area contributed by atoms with Gasteiger partial charge in [0.25, 0.3) is 10.0 Å². The van der Waals surface area contributed by atoms with Gasteiger partial charge in [0.05, 0.1) is 43.1 Å². The first-order chi connectivity index (χ1) is 20.0. The van der Waals surface area contributed by atoms with Crippen LogP contribution in [-0.2, 0) is 39.6 Å². The molecule has 11 nitrogen and oxygen atoms in total. The van der Waals surface area contributed by atoms with E-state index >= 15 is 0 Å². The molecule has 4 atom stereocenters. The molecule has 12 heteroatoms. The van der Waals surface area contributed by atoms with E-state index in [1.54, 1.807) is 19.1 Å². The Bertz CT molecular complexity index is 1760. The molecule has 4 heterocycles. The fraction of sp³-hybridized carbons (Fsp3) is 0.333. The minimum Gasteiger partial charge on any atom is -0.477 e. The quantitative estimate of drug-likeness (QED) is 0.302. The summed E-state index contributed by atoms with van der Waals surface area (Å²) in [6, 6.07) is 14.0. The maximum absolute atomic E-state index is 14.1. The first kappa shape index (κ1) is 27.9. The Morgan fingerprint density at radius 3 is 2.55 bits per heavy atom. The van der Waals surface area contributed by atoms with E-state index in [-0.39, 0.29) is 22.7 Å². The third kappa shape index (κ3) is 4.42. The summed E-state index contributed by atoms with van der Waals surface area (Å²) in [6.45, 7) is 3.58. The number of amides is 1. The number of carboxylic acids is 1. The molecule has 1 saturated heterocycles. The number of carbonyl (C=O) groups excluding carboxylic acids is 1. The van der Waals surface area contributed by atoms with Crippen LogP contribution in [0, 0.1) is 11.8 Å². The Labute approximate surface area is 243 Å². The number of hydrogen-bond acceptors (Lipinski definition) is 6. The van der Waals surface area contributed by atoms with Crippen molar-refractivity contribution in [1.82, 2.24) is 13.9 Å². The maximum atomic E-state index is 14.1. The summed E-state index contributed by atoms with van der Waals surface area (Å²) >= 11 is 0. The van der Waals surface area contributed by atoms with E-state index in [2.05, 4.69) is 5.10 Å². The maximum Gasteiger partial charge on any atom is 0.352 e. The third-order valence-electron chi connectivity index (χ3n) is 8.42. The fourth-order valence-electron chi connectivity index (χ4n) is 6.28. The molecule has 0 bridgehead atoms. The molecule has 2 aromatic carbocycles. The fourth-order valence-corrected chi connectivity index (χ4v) is 7.75. The van der Waals surface area contributed by atoms with Crippen LogP contribution in [-0.4, -0.2) is 68.8 Å². The standard InChI is InChI=1S/C30H31N5O6S/c1-18-23(28(30(38)39)35-27(18)25(19(2)36)29(35)37)16-34-31-26(21-7-5-4-6-8-21)22-10-9-20(15-24(22)42(34,40)41)11-12-33-14-13-32(3)17-33/h4-10,13-15,17-19,25,27,36H,11-12,16H2,1-3H3/p+1/t18-,19+,25+,27+/m0/s1. The molecule has 0 aliphatic carbocycles. The van der Waals surface area contributed by atoms with E-state index in [0.29, 0.717) is 29.8 Å². The van der Waals surface area contributed by atoms with Gasteiger partial charge in [0.2, 0.25) is 12.2 Å². The number of aryl methyl sites for hydroxylation is 3. The number of carbonyl (C=O) groups is 2. The normalized spacial score (nSPS) is 23.3. The Morgan fingerprint density at radius 1 is 1.17 bits per heavy atom. The van der Waals surface area contributed by atoms with Crippen LogP contribution in [0.25, 0.3) is 0 Å². The molecule has 42 heavy (non-hydrogen) atoms. The molecule has 3 aliphatic heterocycles. The van der Waals surface area contributed by atoms with Crippen LogP contribution in [0.5, 0.6) is 0 Å². The molecule has 1 aromatic heterocycles. The van der Waals surface area contributed by atoms with Gasteiger partial charge in [0, 0.05) is 23.5 Å². The van der Waals surface area contributed by atoms with Crippen LogP contribution in [0.3, 0.4) is 0 Å². The number of hydrazone groups is 1. The van der Waals surface area contributed by atoms with Crippen molar-refractivity contribution >= 4 is 27.6 Å². The number of nitrogens with zero attached hydrogens (tertiary/aromatic N) is 5. The monoisotopic (exact) mass is 590 g/mol. The molecule has 0 spiro atoms. The number of aromatic nitrogens is 2. The summed E-state index contributed by atoms with van der Waals surface area (Å²) in [5, 5.41) is 24.9. The molecule has 3 aliphatic rings. The van der Waals surface area contributed by atoms with Gasteiger partial charge in [-0.05, 0) is 24.1 Å². The molecule has 0 unspecified atom stereocenters. The molecule has 1 fully saturated rings. The first-order valence-electron chi connectivity index (χ1n) is 13.8. The number of sulfonamides is 1. The molecular weight excluding hydrogens is 558 g/mol. The summed E-state index contributed by atoms with van der Waals surface area (Å²) in [5.41, 5.74) is 2.51. The average Bonchev–Trinajstić information content (AvgIpc) is 3.47. The highest BCUT2D eigenvalue weighted by Gasteiger charge is 2.60. The molecule has 2 N–H and O–H groups in total. The van der Waals surface area contributed by atoms with Crippen molar-refractivity contribution in [2.45, 2.75) is 43.9 Å². The van der Waals surface area contributed by atoms with Gasteiger partial charge < -0.3 is 15.1 Å². The zero-order chi connectivity index (χ0) is 29.9. The van der Waals surface area contributed by atoms with Gasteiger partial charge in [-0.25, -0.2) is 13.9 Å². The number of rotatable bonds is 8. The zero-order valence-corrected chi connectivity index (χ0v) is 24.3. The summed E-state index contributed by atoms with van der Waals surface area (Å²) in [7, 11) is -2.26. The van der Waals surface area contributed by atoms with E-state index in [0.717, 1.165) is 9.98 Å². The highest BCUT2D eigenvalue weighted by Crippen LogP contribution is 2.47. The minimum absolute atomic E-state index is 0.0938. The highest BCUT2D eigenvalue weighted by molar-refractivity contribution is 7.89. The Morgan fingerprint density at radius 2 is 1.90 bits per heavy atom. The lowest BCUT2D eigenvalue weighted by molar-refractivity contribution is -0.671. The number of β-lactam (4-membered cyclic amide) rings is 1. The lowest BCUT2D eigenvalue weighted by Crippen LogP contribution is -2.63. The average molecular weight is 591 g/mol. The van der Waals surface area contributed by atoms with Crippen molar-refractivity contribution < 1.29 is 32.8 Å². The lowest BCUT2D eigenvalue weighted by atomic mass is 9.78. The van der Waals surface area contributed by atoms with E-state index < -0.39 is 45.9 Å². The second-order valence-electron chi connectivity index (χ2n) is 11.1. The topological polar surface area (TPSA) is 136 Å². The Kier molecular flexibility index (Phi) is 6.77. The van der Waals surface area contributed by atoms with E-state index in [1.807, 2.05) is 71.3 Å². The van der Waals surface area contributed by atoms with Gasteiger partial charge in [-0.3, -0.25) is 4.79 Å². The Hall–Kier alpha value is -4.29. The molecule has 0 saturated carbocycles. The van der Waals surface area contributed by atoms with Crippen LogP contribution in [0.1, 0.15) is 30.5 Å². The van der Waals surface area contributed by atoms with Crippen LogP contribution in [0.15, 0.2) is 88.5 Å². The smallest absolute Gasteiger partial charge is 0.352 e. The summed E-state index contributed by atoms with van der Waals surface area (Å²) in [5.74, 6) is -3.04. The molecule has 3 aromatic rings. The molecular formula is C30H32N5O6S+. The molecule has 0 radical (unpaired) electrons. The number of fused-ring (bicyclic) bond motifs is 2. The van der Waals surface area contributed by atoms with Crippen molar-refractivity contribution in [2.75, 3.05) is 6.54 Å². The number of hydrogen-bond donors (Lipinski definition) is 2. The Balaban J connectivity index is 1.41. The number of aliphatic hydroxyl groups is 1. The van der Waals surface area contributed by atoms with E-state index in [4.69, 9.17) is 0 Å².